The van der Waals surface area contributed by atoms with Crippen LogP contribution in [0.15, 0.2) is 36.7 Å². The number of rotatable bonds is 4. The minimum absolute atomic E-state index is 0.164. The maximum absolute atomic E-state index is 4.39. The summed E-state index contributed by atoms with van der Waals surface area (Å²) >= 11 is 0. The Labute approximate surface area is 108 Å². The maximum atomic E-state index is 4.39. The zero-order valence-corrected chi connectivity index (χ0v) is 10.7. The van der Waals surface area contributed by atoms with E-state index >= 15 is 0 Å². The van der Waals surface area contributed by atoms with Gasteiger partial charge in [0.25, 0.3) is 0 Å². The van der Waals surface area contributed by atoms with Crippen LogP contribution in [-0.4, -0.2) is 17.0 Å². The molecule has 1 atom stereocenters. The summed E-state index contributed by atoms with van der Waals surface area (Å²) in [7, 11) is 1.99. The first-order chi connectivity index (χ1) is 8.90. The molecule has 1 fully saturated rings. The minimum Gasteiger partial charge on any atom is -0.347 e. The van der Waals surface area contributed by atoms with Gasteiger partial charge in [0.1, 0.15) is 5.82 Å². The van der Waals surface area contributed by atoms with Crippen molar-refractivity contribution in [3.05, 3.63) is 53.6 Å². The normalized spacial score (nSPS) is 17.4. The largest absolute Gasteiger partial charge is 0.347 e. The van der Waals surface area contributed by atoms with Gasteiger partial charge in [0, 0.05) is 12.4 Å². The van der Waals surface area contributed by atoms with Crippen molar-refractivity contribution in [1.29, 1.82) is 0 Å². The van der Waals surface area contributed by atoms with Gasteiger partial charge in [-0.25, -0.2) is 4.98 Å². The fraction of sp³-hybridized carbons (Fsp3) is 0.400. The molecule has 1 aromatic carbocycles. The summed E-state index contributed by atoms with van der Waals surface area (Å²) in [6.07, 6.45) is 7.71. The van der Waals surface area contributed by atoms with Crippen LogP contribution in [0.2, 0.25) is 0 Å². The van der Waals surface area contributed by atoms with E-state index in [1.165, 1.54) is 30.4 Å². The van der Waals surface area contributed by atoms with E-state index in [1.54, 1.807) is 0 Å². The average Bonchev–Trinajstić information content (AvgIpc) is 2.84. The molecule has 1 aliphatic rings. The lowest BCUT2D eigenvalue weighted by Gasteiger charge is -2.30. The predicted octanol–water partition coefficient (Wildman–Crippen LogP) is 2.99. The number of aromatic nitrogens is 2. The molecule has 3 nitrogen and oxygen atoms in total. The standard InChI is InChI=1S/C15H19N3/c1-16-14(15-17-9-10-18-15)13-8-3-2-7-12(13)11-5-4-6-11/h2-3,7-11,14,16H,4-6H2,1H3,(H,17,18). The number of nitrogens with one attached hydrogen (secondary N) is 2. The molecule has 2 N–H and O–H groups in total. The summed E-state index contributed by atoms with van der Waals surface area (Å²) < 4.78 is 0. The Kier molecular flexibility index (Phi) is 3.15. The van der Waals surface area contributed by atoms with Gasteiger partial charge in [-0.3, -0.25) is 0 Å². The van der Waals surface area contributed by atoms with Gasteiger partial charge in [-0.2, -0.15) is 0 Å². The van der Waals surface area contributed by atoms with Crippen LogP contribution in [0, 0.1) is 0 Å². The van der Waals surface area contributed by atoms with Crippen LogP contribution < -0.4 is 5.32 Å². The Morgan fingerprint density at radius 2 is 2.17 bits per heavy atom. The lowest BCUT2D eigenvalue weighted by atomic mass is 9.77. The number of imidazole rings is 1. The van der Waals surface area contributed by atoms with E-state index in [4.69, 9.17) is 0 Å². The summed E-state index contributed by atoms with van der Waals surface area (Å²) in [5.74, 6) is 1.73. The Morgan fingerprint density at radius 3 is 2.78 bits per heavy atom. The molecule has 3 heteroatoms. The van der Waals surface area contributed by atoms with Gasteiger partial charge in [-0.15, -0.1) is 0 Å². The minimum atomic E-state index is 0.164. The van der Waals surface area contributed by atoms with Crippen molar-refractivity contribution < 1.29 is 0 Å². The molecular weight excluding hydrogens is 222 g/mol. The Hall–Kier alpha value is -1.61. The first kappa shape index (κ1) is 11.5. The molecule has 94 valence electrons. The van der Waals surface area contributed by atoms with Gasteiger partial charge in [0.15, 0.2) is 0 Å². The molecule has 0 bridgehead atoms. The lowest BCUT2D eigenvalue weighted by molar-refractivity contribution is 0.414. The average molecular weight is 241 g/mol. The highest BCUT2D eigenvalue weighted by Gasteiger charge is 2.25. The van der Waals surface area contributed by atoms with Gasteiger partial charge in [0.05, 0.1) is 6.04 Å². The van der Waals surface area contributed by atoms with Crippen LogP contribution in [0.5, 0.6) is 0 Å². The smallest absolute Gasteiger partial charge is 0.127 e. The Bertz CT molecular complexity index is 500. The zero-order chi connectivity index (χ0) is 12.4. The molecule has 0 radical (unpaired) electrons. The quantitative estimate of drug-likeness (QED) is 0.864. The van der Waals surface area contributed by atoms with E-state index in [0.29, 0.717) is 0 Å². The fourth-order valence-electron chi connectivity index (χ4n) is 2.74. The number of hydrogen-bond acceptors (Lipinski definition) is 2. The van der Waals surface area contributed by atoms with Gasteiger partial charge in [0.2, 0.25) is 0 Å². The van der Waals surface area contributed by atoms with Crippen LogP contribution in [0.3, 0.4) is 0 Å². The van der Waals surface area contributed by atoms with Crippen LogP contribution in [0.4, 0.5) is 0 Å². The topological polar surface area (TPSA) is 40.7 Å². The molecule has 0 amide bonds. The number of H-pyrrole nitrogens is 1. The first-order valence-electron chi connectivity index (χ1n) is 6.65. The van der Waals surface area contributed by atoms with Gasteiger partial charge >= 0.3 is 0 Å². The summed E-state index contributed by atoms with van der Waals surface area (Å²) in [4.78, 5) is 7.61. The third kappa shape index (κ3) is 1.95. The second-order valence-corrected chi connectivity index (χ2v) is 4.95. The van der Waals surface area contributed by atoms with Crippen molar-refractivity contribution in [2.24, 2.45) is 0 Å². The number of hydrogen-bond donors (Lipinski definition) is 2. The molecule has 0 aliphatic heterocycles. The predicted molar refractivity (Wildman–Crippen MR) is 72.5 cm³/mol. The van der Waals surface area contributed by atoms with Crippen molar-refractivity contribution in [1.82, 2.24) is 15.3 Å². The highest BCUT2D eigenvalue weighted by molar-refractivity contribution is 5.37. The molecule has 1 unspecified atom stereocenters. The van der Waals surface area contributed by atoms with E-state index in [1.807, 2.05) is 19.4 Å². The van der Waals surface area contributed by atoms with E-state index < -0.39 is 0 Å². The zero-order valence-electron chi connectivity index (χ0n) is 10.7. The third-order valence-electron chi connectivity index (χ3n) is 3.93. The van der Waals surface area contributed by atoms with Crippen LogP contribution in [0.25, 0.3) is 0 Å². The number of aromatic amines is 1. The first-order valence-corrected chi connectivity index (χ1v) is 6.65. The monoisotopic (exact) mass is 241 g/mol. The van der Waals surface area contributed by atoms with Crippen LogP contribution >= 0.6 is 0 Å². The highest BCUT2D eigenvalue weighted by atomic mass is 15.0. The third-order valence-corrected chi connectivity index (χ3v) is 3.93. The van der Waals surface area contributed by atoms with E-state index in [9.17, 15) is 0 Å². The van der Waals surface area contributed by atoms with Crippen molar-refractivity contribution in [2.45, 2.75) is 31.2 Å². The molecule has 1 heterocycles. The van der Waals surface area contributed by atoms with E-state index in [2.05, 4.69) is 39.6 Å². The molecule has 2 aromatic rings. The summed E-state index contributed by atoms with van der Waals surface area (Å²) in [5, 5.41) is 3.37. The fourth-order valence-corrected chi connectivity index (χ4v) is 2.74. The van der Waals surface area contributed by atoms with Crippen molar-refractivity contribution in [3.63, 3.8) is 0 Å². The second-order valence-electron chi connectivity index (χ2n) is 4.95. The van der Waals surface area contributed by atoms with E-state index in [0.717, 1.165) is 11.7 Å². The Morgan fingerprint density at radius 1 is 1.33 bits per heavy atom. The van der Waals surface area contributed by atoms with Crippen molar-refractivity contribution in [2.75, 3.05) is 7.05 Å². The molecule has 1 saturated carbocycles. The van der Waals surface area contributed by atoms with Crippen molar-refractivity contribution >= 4 is 0 Å². The summed E-state index contributed by atoms with van der Waals surface area (Å²) in [6.45, 7) is 0. The van der Waals surface area contributed by atoms with Crippen LogP contribution in [0.1, 0.15) is 48.2 Å². The van der Waals surface area contributed by atoms with Gasteiger partial charge in [-0.05, 0) is 36.9 Å². The second kappa shape index (κ2) is 4.94. The number of benzene rings is 1. The highest BCUT2D eigenvalue weighted by Crippen LogP contribution is 2.40. The summed E-state index contributed by atoms with van der Waals surface area (Å²) in [5.41, 5.74) is 2.85. The molecule has 1 aliphatic carbocycles. The maximum Gasteiger partial charge on any atom is 0.127 e. The summed E-state index contributed by atoms with van der Waals surface area (Å²) in [6, 6.07) is 8.91. The van der Waals surface area contributed by atoms with Gasteiger partial charge < -0.3 is 10.3 Å². The lowest BCUT2D eigenvalue weighted by Crippen LogP contribution is -2.22. The molecule has 0 spiro atoms. The molecule has 18 heavy (non-hydrogen) atoms. The van der Waals surface area contributed by atoms with Crippen molar-refractivity contribution in [3.8, 4) is 0 Å². The number of nitrogens with zero attached hydrogens (tertiary/aromatic N) is 1. The van der Waals surface area contributed by atoms with Crippen LogP contribution in [-0.2, 0) is 0 Å². The molecule has 3 rings (SSSR count). The molecule has 0 saturated heterocycles. The molecular formula is C15H19N3. The van der Waals surface area contributed by atoms with E-state index in [-0.39, 0.29) is 6.04 Å². The molecule has 1 aromatic heterocycles. The van der Waals surface area contributed by atoms with Gasteiger partial charge in [-0.1, -0.05) is 30.7 Å². The Balaban J connectivity index is 1.99. The SMILES string of the molecule is CNC(c1ncc[nH]1)c1ccccc1C1CCC1.